The molecule has 0 saturated carbocycles. The molecule has 0 spiro atoms. The maximum atomic E-state index is 13.6. The Balaban J connectivity index is 1.78. The molecule has 26 heavy (non-hydrogen) atoms. The summed E-state index contributed by atoms with van der Waals surface area (Å²) < 4.78 is 45.5. The van der Waals surface area contributed by atoms with Crippen LogP contribution in [-0.2, 0) is 4.79 Å². The van der Waals surface area contributed by atoms with Gasteiger partial charge in [-0.25, -0.2) is 13.2 Å². The Morgan fingerprint density at radius 3 is 2.35 bits per heavy atom. The van der Waals surface area contributed by atoms with Gasteiger partial charge in [0.05, 0.1) is 12.6 Å². The van der Waals surface area contributed by atoms with Gasteiger partial charge in [0, 0.05) is 6.54 Å². The maximum Gasteiger partial charge on any atom is 0.241 e. The third-order valence-electron chi connectivity index (χ3n) is 3.99. The Labute approximate surface area is 150 Å². The van der Waals surface area contributed by atoms with Gasteiger partial charge >= 0.3 is 0 Å². The predicted octanol–water partition coefficient (Wildman–Crippen LogP) is 3.83. The van der Waals surface area contributed by atoms with Gasteiger partial charge in [-0.2, -0.15) is 0 Å². The van der Waals surface area contributed by atoms with E-state index in [1.807, 2.05) is 0 Å². The molecule has 0 heterocycles. The third kappa shape index (κ3) is 5.49. The van der Waals surface area contributed by atoms with Gasteiger partial charge in [-0.05, 0) is 56.8 Å². The van der Waals surface area contributed by atoms with E-state index in [1.165, 1.54) is 30.3 Å². The molecule has 7 heteroatoms. The van der Waals surface area contributed by atoms with Crippen molar-refractivity contribution in [1.82, 2.24) is 4.90 Å². The summed E-state index contributed by atoms with van der Waals surface area (Å²) in [5.41, 5.74) is -0.447. The highest BCUT2D eigenvalue weighted by Crippen LogP contribution is 2.18. The lowest BCUT2D eigenvalue weighted by molar-refractivity contribution is -0.120. The Hall–Kier alpha value is -2.54. The quantitative estimate of drug-likeness (QED) is 0.722. The van der Waals surface area contributed by atoms with Crippen molar-refractivity contribution in [2.24, 2.45) is 0 Å². The number of carbonyl (C=O) groups is 1. The fourth-order valence-electron chi connectivity index (χ4n) is 2.27. The highest BCUT2D eigenvalue weighted by Gasteiger charge is 2.20. The van der Waals surface area contributed by atoms with Crippen molar-refractivity contribution < 1.29 is 22.7 Å². The van der Waals surface area contributed by atoms with Crippen molar-refractivity contribution in [1.29, 1.82) is 0 Å². The number of benzene rings is 2. The van der Waals surface area contributed by atoms with Crippen molar-refractivity contribution in [2.45, 2.75) is 19.4 Å². The van der Waals surface area contributed by atoms with Gasteiger partial charge in [0.15, 0.2) is 0 Å². The van der Waals surface area contributed by atoms with E-state index in [1.54, 1.807) is 18.9 Å². The number of hydrogen-bond acceptors (Lipinski definition) is 3. The van der Waals surface area contributed by atoms with E-state index >= 15 is 0 Å². The van der Waals surface area contributed by atoms with Crippen LogP contribution in [0.25, 0.3) is 0 Å². The van der Waals surface area contributed by atoms with Crippen LogP contribution in [0.5, 0.6) is 5.75 Å². The molecule has 0 aliphatic rings. The second-order valence-electron chi connectivity index (χ2n) is 5.90. The lowest BCUT2D eigenvalue weighted by atomic mass is 10.2. The van der Waals surface area contributed by atoms with Gasteiger partial charge in [-0.3, -0.25) is 9.69 Å². The smallest absolute Gasteiger partial charge is 0.241 e. The van der Waals surface area contributed by atoms with Crippen LogP contribution in [0, 0.1) is 17.5 Å². The Morgan fingerprint density at radius 1 is 1.12 bits per heavy atom. The molecule has 0 aliphatic carbocycles. The number of amides is 1. The van der Waals surface area contributed by atoms with Gasteiger partial charge in [0.2, 0.25) is 5.91 Å². The molecule has 0 aliphatic heterocycles. The topological polar surface area (TPSA) is 41.6 Å². The fourth-order valence-corrected chi connectivity index (χ4v) is 2.27. The van der Waals surface area contributed by atoms with E-state index in [0.29, 0.717) is 25.3 Å². The van der Waals surface area contributed by atoms with Crippen molar-refractivity contribution in [3.8, 4) is 5.75 Å². The summed E-state index contributed by atoms with van der Waals surface area (Å²) in [7, 11) is 1.74. The number of carbonyl (C=O) groups excluding carboxylic acids is 1. The van der Waals surface area contributed by atoms with Crippen molar-refractivity contribution in [2.75, 3.05) is 25.5 Å². The number of para-hydroxylation sites is 1. The predicted molar refractivity (Wildman–Crippen MR) is 93.6 cm³/mol. The van der Waals surface area contributed by atoms with Crippen molar-refractivity contribution >= 4 is 11.6 Å². The molecule has 1 atom stereocenters. The SMILES string of the molecule is CC(C(=O)Nc1c(F)cccc1F)N(C)CCCOc1ccc(F)cc1. The normalized spacial score (nSPS) is 12.1. The molecular weight excluding hydrogens is 345 g/mol. The maximum absolute atomic E-state index is 13.6. The van der Waals surface area contributed by atoms with Crippen LogP contribution < -0.4 is 10.1 Å². The Kier molecular flexibility index (Phi) is 7.03. The minimum Gasteiger partial charge on any atom is -0.494 e. The molecule has 1 amide bonds. The molecule has 1 unspecified atom stereocenters. The average Bonchev–Trinajstić information content (AvgIpc) is 2.62. The van der Waals surface area contributed by atoms with Crippen LogP contribution in [0.4, 0.5) is 18.9 Å². The first-order valence-corrected chi connectivity index (χ1v) is 8.22. The second-order valence-corrected chi connectivity index (χ2v) is 5.90. The lowest BCUT2D eigenvalue weighted by Gasteiger charge is -2.24. The summed E-state index contributed by atoms with van der Waals surface area (Å²) in [4.78, 5) is 13.9. The molecule has 140 valence electrons. The molecule has 0 bridgehead atoms. The first kappa shape index (κ1) is 19.8. The van der Waals surface area contributed by atoms with Crippen LogP contribution in [-0.4, -0.2) is 37.0 Å². The zero-order valence-corrected chi connectivity index (χ0v) is 14.6. The highest BCUT2D eigenvalue weighted by atomic mass is 19.1. The van der Waals surface area contributed by atoms with Crippen LogP contribution in [0.15, 0.2) is 42.5 Å². The van der Waals surface area contributed by atoms with Crippen molar-refractivity contribution in [3.05, 3.63) is 59.9 Å². The molecule has 0 saturated heterocycles. The number of likely N-dealkylation sites (N-methyl/N-ethyl adjacent to an activating group) is 1. The first-order chi connectivity index (χ1) is 12.4. The van der Waals surface area contributed by atoms with Crippen LogP contribution >= 0.6 is 0 Å². The fraction of sp³-hybridized carbons (Fsp3) is 0.316. The lowest BCUT2D eigenvalue weighted by Crippen LogP contribution is -2.40. The molecule has 2 rings (SSSR count). The third-order valence-corrected chi connectivity index (χ3v) is 3.99. The monoisotopic (exact) mass is 366 g/mol. The summed E-state index contributed by atoms with van der Waals surface area (Å²) >= 11 is 0. The number of nitrogens with one attached hydrogen (secondary N) is 1. The van der Waals surface area contributed by atoms with Crippen molar-refractivity contribution in [3.63, 3.8) is 0 Å². The molecule has 4 nitrogen and oxygen atoms in total. The number of ether oxygens (including phenoxy) is 1. The van der Waals surface area contributed by atoms with Crippen LogP contribution in [0.1, 0.15) is 13.3 Å². The summed E-state index contributed by atoms with van der Waals surface area (Å²) in [5, 5.41) is 2.28. The second kappa shape index (κ2) is 9.24. The average molecular weight is 366 g/mol. The number of nitrogens with zero attached hydrogens (tertiary/aromatic N) is 1. The van der Waals surface area contributed by atoms with E-state index in [-0.39, 0.29) is 5.82 Å². The summed E-state index contributed by atoms with van der Waals surface area (Å²) in [6.45, 7) is 2.58. The summed E-state index contributed by atoms with van der Waals surface area (Å²) in [6.07, 6.45) is 0.625. The number of rotatable bonds is 8. The van der Waals surface area contributed by atoms with Gasteiger partial charge in [0.1, 0.15) is 28.9 Å². The van der Waals surface area contributed by atoms with Gasteiger partial charge in [-0.15, -0.1) is 0 Å². The van der Waals surface area contributed by atoms with Gasteiger partial charge in [0.25, 0.3) is 0 Å². The standard InChI is InChI=1S/C19H21F3N2O2/c1-13(19(25)23-18-16(21)5-3-6-17(18)22)24(2)11-4-12-26-15-9-7-14(20)8-10-15/h3,5-10,13H,4,11-12H2,1-2H3,(H,23,25). The summed E-state index contributed by atoms with van der Waals surface area (Å²) in [6, 6.07) is 8.53. The molecule has 2 aromatic carbocycles. The number of halogens is 3. The largest absolute Gasteiger partial charge is 0.494 e. The van der Waals surface area contributed by atoms with Gasteiger partial charge < -0.3 is 10.1 Å². The van der Waals surface area contributed by atoms with E-state index in [0.717, 1.165) is 12.1 Å². The molecule has 0 aromatic heterocycles. The zero-order valence-electron chi connectivity index (χ0n) is 14.6. The Morgan fingerprint density at radius 2 is 1.73 bits per heavy atom. The number of anilines is 1. The first-order valence-electron chi connectivity index (χ1n) is 8.22. The van der Waals surface area contributed by atoms with E-state index in [2.05, 4.69) is 5.32 Å². The van der Waals surface area contributed by atoms with Crippen LogP contribution in [0.2, 0.25) is 0 Å². The Bertz CT molecular complexity index is 718. The zero-order chi connectivity index (χ0) is 19.1. The molecule has 0 fully saturated rings. The minimum absolute atomic E-state index is 0.330. The number of hydrogen-bond donors (Lipinski definition) is 1. The molecular formula is C19H21F3N2O2. The summed E-state index contributed by atoms with van der Waals surface area (Å²) in [5.74, 6) is -1.91. The molecule has 0 radical (unpaired) electrons. The minimum atomic E-state index is -0.819. The molecule has 2 aromatic rings. The molecule has 1 N–H and O–H groups in total. The van der Waals surface area contributed by atoms with Gasteiger partial charge in [-0.1, -0.05) is 6.07 Å². The van der Waals surface area contributed by atoms with E-state index in [9.17, 15) is 18.0 Å². The highest BCUT2D eigenvalue weighted by molar-refractivity contribution is 5.94. The van der Waals surface area contributed by atoms with E-state index < -0.39 is 29.3 Å². The van der Waals surface area contributed by atoms with E-state index in [4.69, 9.17) is 4.74 Å². The van der Waals surface area contributed by atoms with Crippen LogP contribution in [0.3, 0.4) is 0 Å².